The highest BCUT2D eigenvalue weighted by atomic mass is 32.1. The standard InChI is InChI=1S/C15H11N4S.3C14H10N5.C14H9N4S/c1-18-12-3-5-17-7-11(12)13-15(18)20-14-10-2-4-16-6-9(10)8-19(13)14;1-3-16-9-19-11(1)7-18-13(19)8-17-6-10-5-15-4-2-12(10)14(17)18;1-3-16-9-19-11(1)7-17-8-13-12-2-4-15-5-10(12)6-18(13)14(17)19;1-2-15-5-10-7-17-9-18-8-11-6-16-3-4-19(11)14(18)13(17)12(1)10;1-3-15-5-9-7-17-12(10(1)9)8-18-11-2-4-16-6-13(11)19-14(17)18/h2-7H,8H2,1H3;2*1-5,7-9H,6H2;1-6,8-9H,7H2;1-6,8H,7H2/q5*+1/i1D3;;;;. The van der Waals surface area contributed by atoms with E-state index in [0.29, 0.717) is 12.1 Å². The predicted octanol–water partition coefficient (Wildman–Crippen LogP) is 8.65. The van der Waals surface area contributed by atoms with Crippen molar-refractivity contribution in [2.45, 2.75) is 32.7 Å². The molecular weight excluding hydrogens is 1240 g/mol. The molecule has 0 spiro atoms. The molecule has 0 unspecified atom stereocenters. The number of thiazole rings is 2. The van der Waals surface area contributed by atoms with Gasteiger partial charge in [0.05, 0.1) is 59.2 Å². The minimum absolute atomic E-state index is 0.700. The molecule has 0 N–H and O–H groups in total. The number of imidazole rings is 7. The van der Waals surface area contributed by atoms with E-state index >= 15 is 0 Å². The molecule has 0 saturated carbocycles. The molecule has 0 fully saturated rings. The summed E-state index contributed by atoms with van der Waals surface area (Å²) >= 11 is 3.31. The summed E-state index contributed by atoms with van der Waals surface area (Å²) in [4.78, 5) is 44.0. The molecule has 0 aromatic carbocycles. The van der Waals surface area contributed by atoms with Crippen LogP contribution in [0.15, 0.2) is 229 Å². The largest absolute Gasteiger partial charge is 0.376 e. The van der Waals surface area contributed by atoms with Crippen molar-refractivity contribution in [1.29, 1.82) is 0 Å². The van der Waals surface area contributed by atoms with Gasteiger partial charge in [0.25, 0.3) is 27.6 Å². The molecule has 96 heavy (non-hydrogen) atoms. The summed E-state index contributed by atoms with van der Waals surface area (Å²) in [6.07, 6.45) is 54.2. The van der Waals surface area contributed by atoms with Gasteiger partial charge in [0.2, 0.25) is 0 Å². The predicted molar refractivity (Wildman–Crippen MR) is 358 cm³/mol. The summed E-state index contributed by atoms with van der Waals surface area (Å²) in [5, 5.41) is 1.96. The molecule has 0 bridgehead atoms. The van der Waals surface area contributed by atoms with Crippen LogP contribution < -0.4 is 22.3 Å². The minimum Gasteiger partial charge on any atom is -0.330 e. The van der Waals surface area contributed by atoms with Gasteiger partial charge in [-0.2, -0.15) is 17.8 Å². The third kappa shape index (κ3) is 7.70. The van der Waals surface area contributed by atoms with Gasteiger partial charge in [-0.15, -0.1) is 0 Å². The number of hydrogen-bond acceptors (Lipinski definition) is 12. The lowest BCUT2D eigenvalue weighted by Gasteiger charge is -1.93. The second-order valence-electron chi connectivity index (χ2n) is 24.2. The third-order valence-corrected chi connectivity index (χ3v) is 21.3. The Morgan fingerprint density at radius 2 is 1.16 bits per heavy atom. The van der Waals surface area contributed by atoms with Gasteiger partial charge < -0.3 is 4.57 Å². The molecule has 0 saturated heterocycles. The molecule has 0 aliphatic carbocycles. The molecule has 456 valence electrons. The van der Waals surface area contributed by atoms with Crippen LogP contribution in [0, 0.1) is 0 Å². The van der Waals surface area contributed by atoms with E-state index in [1.54, 1.807) is 36.0 Å². The monoisotopic (exact) mass is 1290 g/mol. The van der Waals surface area contributed by atoms with E-state index in [-0.39, 0.29) is 0 Å². The van der Waals surface area contributed by atoms with Gasteiger partial charge in [-0.1, -0.05) is 0 Å². The fraction of sp³-hybridized carbons (Fsp3) is 0.0845. The average molecular weight is 1290 g/mol. The lowest BCUT2D eigenvalue weighted by atomic mass is 10.1. The van der Waals surface area contributed by atoms with Crippen molar-refractivity contribution in [2.75, 3.05) is 0 Å². The number of rotatable bonds is 0. The molecule has 25 rings (SSSR count). The SMILES string of the molecule is [2H]C([2H])([2H])n1c2ccncc2c2c1sc1[n+]2Cc2cnccc2-1.c1cc2c(cn1)C[n+]1cc3n(cc4ccncn43)c1-2.c1cc2c(cn1)Cn1c-2c[n+]2c3ccncc3sc12.c1cc2c(cn1)Cn1c-2c[n+]2cc3ccncn3c12.c1cc2c(cn1)Cn1c[n+]3cc4cnccn4c3c1-2. The number of pyridine rings is 7. The first-order chi connectivity index (χ1) is 48.7. The van der Waals surface area contributed by atoms with Gasteiger partial charge >= 0.3 is 10.7 Å². The minimum atomic E-state index is -2.22. The highest BCUT2D eigenvalue weighted by molar-refractivity contribution is 7.23. The summed E-state index contributed by atoms with van der Waals surface area (Å²) in [5.41, 5.74) is 24.9. The van der Waals surface area contributed by atoms with Crippen LogP contribution in [0.2, 0.25) is 0 Å². The lowest BCUT2D eigenvalue weighted by molar-refractivity contribution is -0.670. The van der Waals surface area contributed by atoms with Crippen LogP contribution in [0.3, 0.4) is 0 Å². The summed E-state index contributed by atoms with van der Waals surface area (Å²) in [6, 6.07) is 18.2. The quantitative estimate of drug-likeness (QED) is 0.133. The van der Waals surface area contributed by atoms with Gasteiger partial charge in [-0.25, -0.2) is 36.9 Å². The first-order valence-electron chi connectivity index (χ1n) is 32.5. The van der Waals surface area contributed by atoms with Gasteiger partial charge in [-0.05, 0) is 71.2 Å². The number of hydrogen-bond donors (Lipinski definition) is 0. The fourth-order valence-electron chi connectivity index (χ4n) is 14.8. The van der Waals surface area contributed by atoms with Gasteiger partial charge in [0.1, 0.15) is 66.3 Å². The number of nitrogens with zero attached hydrogens (tertiary/aromatic N) is 23. The van der Waals surface area contributed by atoms with E-state index in [2.05, 4.69) is 177 Å². The van der Waals surface area contributed by atoms with Crippen molar-refractivity contribution in [3.05, 3.63) is 256 Å². The van der Waals surface area contributed by atoms with E-state index < -0.39 is 6.98 Å². The van der Waals surface area contributed by atoms with Crippen molar-refractivity contribution in [3.63, 3.8) is 0 Å². The van der Waals surface area contributed by atoms with Gasteiger partial charge in [0.15, 0.2) is 52.6 Å². The smallest absolute Gasteiger partial charge is 0.330 e. The second-order valence-corrected chi connectivity index (χ2v) is 26.2. The van der Waals surface area contributed by atoms with E-state index in [1.165, 1.54) is 110 Å². The first-order valence-corrected chi connectivity index (χ1v) is 32.7. The second kappa shape index (κ2) is 20.2. The van der Waals surface area contributed by atoms with E-state index in [4.69, 9.17) is 4.11 Å². The maximum atomic E-state index is 7.92. The molecule has 5 aliphatic heterocycles. The molecule has 20 aromatic heterocycles. The fourth-order valence-corrected chi connectivity index (χ4v) is 17.2. The highest BCUT2D eigenvalue weighted by Crippen LogP contribution is 2.40. The zero-order chi connectivity index (χ0) is 65.4. The third-order valence-electron chi connectivity index (χ3n) is 19.0. The van der Waals surface area contributed by atoms with Crippen molar-refractivity contribution >= 4 is 92.7 Å². The maximum Gasteiger partial charge on any atom is 0.376 e. The van der Waals surface area contributed by atoms with Crippen LogP contribution in [0.4, 0.5) is 0 Å². The molecule has 0 radical (unpaired) electrons. The van der Waals surface area contributed by atoms with Crippen LogP contribution in [-0.2, 0) is 39.7 Å². The highest BCUT2D eigenvalue weighted by Gasteiger charge is 2.37. The molecule has 23 nitrogen and oxygen atoms in total. The molecule has 0 atom stereocenters. The number of aromatic nitrogens is 23. The Hall–Kier alpha value is -12.6. The molecule has 5 aliphatic rings. The number of aryl methyl sites for hydroxylation is 1. The normalized spacial score (nSPS) is 13.6. The summed E-state index contributed by atoms with van der Waals surface area (Å²) in [6.45, 7) is 2.07. The van der Waals surface area contributed by atoms with E-state index in [9.17, 15) is 0 Å². The Morgan fingerprint density at radius 3 is 1.98 bits per heavy atom. The van der Waals surface area contributed by atoms with Gasteiger partial charge in [-0.3, -0.25) is 48.8 Å². The number of fused-ring (bicyclic) bond motifs is 35. The summed E-state index contributed by atoms with van der Waals surface area (Å²) in [7, 11) is 0. The van der Waals surface area contributed by atoms with Crippen LogP contribution in [0.5, 0.6) is 0 Å². The Labute approximate surface area is 553 Å². The first kappa shape index (κ1) is 50.0. The Kier molecular flexibility index (Phi) is 10.5. The van der Waals surface area contributed by atoms with Crippen LogP contribution in [0.25, 0.3) is 126 Å². The van der Waals surface area contributed by atoms with Crippen molar-refractivity contribution < 1.29 is 26.4 Å². The Morgan fingerprint density at radius 1 is 0.500 bits per heavy atom. The molecule has 20 aromatic rings. The molecule has 25 heterocycles. The Bertz CT molecular complexity index is 6740. The molecule has 25 heteroatoms. The van der Waals surface area contributed by atoms with Crippen molar-refractivity contribution in [2.24, 2.45) is 6.98 Å². The van der Waals surface area contributed by atoms with E-state index in [0.717, 1.165) is 80.5 Å². The van der Waals surface area contributed by atoms with E-state index in [1.807, 2.05) is 130 Å². The van der Waals surface area contributed by atoms with Crippen molar-refractivity contribution in [3.8, 4) is 55.7 Å². The lowest BCUT2D eigenvalue weighted by Crippen LogP contribution is -2.30. The zero-order valence-corrected chi connectivity index (χ0v) is 52.1. The summed E-state index contributed by atoms with van der Waals surface area (Å²) in [5.74, 6) is 2.35. The topological polar surface area (TPSA) is 186 Å². The summed E-state index contributed by atoms with van der Waals surface area (Å²) < 4.78 is 53.0. The Balaban J connectivity index is 0.0000000814. The van der Waals surface area contributed by atoms with Gasteiger partial charge in [0, 0.05) is 161 Å². The maximum absolute atomic E-state index is 7.92. The van der Waals surface area contributed by atoms with Crippen LogP contribution in [-0.4, -0.2) is 85.7 Å². The van der Waals surface area contributed by atoms with Crippen LogP contribution >= 0.6 is 22.7 Å². The molecule has 0 amide bonds. The zero-order valence-electron chi connectivity index (χ0n) is 53.5. The average Bonchev–Trinajstić information content (AvgIpc) is 1.56. The van der Waals surface area contributed by atoms with Crippen molar-refractivity contribution in [1.82, 2.24) is 85.7 Å². The molecular formula is C71H50N23S2+5. The van der Waals surface area contributed by atoms with Crippen LogP contribution in [0.1, 0.15) is 31.9 Å².